The Hall–Kier alpha value is -0.530. The van der Waals surface area contributed by atoms with Crippen molar-refractivity contribution in [2.45, 2.75) is 40.0 Å². The molecule has 0 saturated carbocycles. The summed E-state index contributed by atoms with van der Waals surface area (Å²) in [6, 6.07) is 0. The van der Waals surface area contributed by atoms with Gasteiger partial charge in [-0.05, 0) is 19.8 Å². The van der Waals surface area contributed by atoms with E-state index in [4.69, 9.17) is 4.84 Å². The predicted octanol–water partition coefficient (Wildman–Crippen LogP) is 2.59. The van der Waals surface area contributed by atoms with Crippen LogP contribution in [0.25, 0.3) is 0 Å². The van der Waals surface area contributed by atoms with Crippen molar-refractivity contribution in [2.75, 3.05) is 6.61 Å². The number of oxime groups is 1. The zero-order valence-electron chi connectivity index (χ0n) is 7.18. The van der Waals surface area contributed by atoms with Gasteiger partial charge in [-0.25, -0.2) is 0 Å². The molecule has 10 heavy (non-hydrogen) atoms. The van der Waals surface area contributed by atoms with Crippen molar-refractivity contribution in [3.63, 3.8) is 0 Å². The van der Waals surface area contributed by atoms with E-state index >= 15 is 0 Å². The van der Waals surface area contributed by atoms with Crippen LogP contribution < -0.4 is 0 Å². The van der Waals surface area contributed by atoms with Gasteiger partial charge in [0.1, 0.15) is 6.61 Å². The van der Waals surface area contributed by atoms with Gasteiger partial charge in [-0.3, -0.25) is 0 Å². The molecule has 0 rings (SSSR count). The lowest BCUT2D eigenvalue weighted by Crippen LogP contribution is -1.93. The zero-order valence-corrected chi connectivity index (χ0v) is 7.18. The largest absolute Gasteiger partial charge is 0.396 e. The molecule has 0 bridgehead atoms. The Kier molecular flexibility index (Phi) is 6.24. The summed E-state index contributed by atoms with van der Waals surface area (Å²) in [5, 5.41) is 3.92. The van der Waals surface area contributed by atoms with Crippen molar-refractivity contribution in [3.05, 3.63) is 0 Å². The molecular formula is C8H17NO. The highest BCUT2D eigenvalue weighted by molar-refractivity contribution is 5.81. The first-order valence-corrected chi connectivity index (χ1v) is 3.96. The standard InChI is InChI=1S/C8H17NO/c1-4-6-8(3)9-10-7-5-2/h4-7H2,1-3H3. The van der Waals surface area contributed by atoms with Crippen molar-refractivity contribution in [3.8, 4) is 0 Å². The topological polar surface area (TPSA) is 21.6 Å². The normalized spacial score (nSPS) is 11.7. The maximum absolute atomic E-state index is 4.99. The summed E-state index contributed by atoms with van der Waals surface area (Å²) in [5.41, 5.74) is 1.09. The SMILES string of the molecule is CCCON=C(C)CCC. The molecule has 0 radical (unpaired) electrons. The van der Waals surface area contributed by atoms with Crippen molar-refractivity contribution in [2.24, 2.45) is 5.16 Å². The van der Waals surface area contributed by atoms with Gasteiger partial charge in [0.05, 0.1) is 5.71 Å². The van der Waals surface area contributed by atoms with Crippen LogP contribution in [0, 0.1) is 0 Å². The van der Waals surface area contributed by atoms with Crippen LogP contribution >= 0.6 is 0 Å². The molecule has 0 unspecified atom stereocenters. The summed E-state index contributed by atoms with van der Waals surface area (Å²) in [6.07, 6.45) is 3.22. The Labute approximate surface area is 63.3 Å². The lowest BCUT2D eigenvalue weighted by molar-refractivity contribution is 0.144. The number of rotatable bonds is 5. The molecule has 0 aromatic carbocycles. The molecule has 0 aliphatic rings. The summed E-state index contributed by atoms with van der Waals surface area (Å²) < 4.78 is 0. The molecule has 2 nitrogen and oxygen atoms in total. The molecular weight excluding hydrogens is 126 g/mol. The van der Waals surface area contributed by atoms with E-state index < -0.39 is 0 Å². The molecule has 0 aliphatic heterocycles. The van der Waals surface area contributed by atoms with Gasteiger partial charge in [0.25, 0.3) is 0 Å². The summed E-state index contributed by atoms with van der Waals surface area (Å²) in [4.78, 5) is 4.99. The molecule has 0 aromatic rings. The van der Waals surface area contributed by atoms with Crippen molar-refractivity contribution in [1.29, 1.82) is 0 Å². The van der Waals surface area contributed by atoms with Gasteiger partial charge < -0.3 is 4.84 Å². The highest BCUT2D eigenvalue weighted by atomic mass is 16.6. The van der Waals surface area contributed by atoms with Gasteiger partial charge in [-0.15, -0.1) is 0 Å². The van der Waals surface area contributed by atoms with Crippen molar-refractivity contribution < 1.29 is 4.84 Å². The third-order valence-corrected chi connectivity index (χ3v) is 1.13. The second-order valence-electron chi connectivity index (χ2n) is 2.41. The molecule has 0 atom stereocenters. The molecule has 0 fully saturated rings. The first-order valence-electron chi connectivity index (χ1n) is 3.96. The minimum absolute atomic E-state index is 0.737. The summed E-state index contributed by atoms with van der Waals surface area (Å²) in [6.45, 7) is 6.95. The van der Waals surface area contributed by atoms with Crippen molar-refractivity contribution >= 4 is 5.71 Å². The van der Waals surface area contributed by atoms with Gasteiger partial charge in [0.2, 0.25) is 0 Å². The quantitative estimate of drug-likeness (QED) is 0.329. The molecule has 60 valence electrons. The van der Waals surface area contributed by atoms with Crippen LogP contribution in [0.2, 0.25) is 0 Å². The Balaban J connectivity index is 3.28. The van der Waals surface area contributed by atoms with E-state index in [0.29, 0.717) is 0 Å². The Morgan fingerprint density at radius 1 is 1.30 bits per heavy atom. The number of hydrogen-bond donors (Lipinski definition) is 0. The summed E-state index contributed by atoms with van der Waals surface area (Å²) in [5.74, 6) is 0. The first-order chi connectivity index (χ1) is 4.81. The van der Waals surface area contributed by atoms with Crippen LogP contribution in [-0.2, 0) is 4.84 Å². The lowest BCUT2D eigenvalue weighted by atomic mass is 10.2. The maximum atomic E-state index is 4.99. The van der Waals surface area contributed by atoms with E-state index in [-0.39, 0.29) is 0 Å². The van der Waals surface area contributed by atoms with Gasteiger partial charge in [-0.2, -0.15) is 0 Å². The number of hydrogen-bond acceptors (Lipinski definition) is 2. The van der Waals surface area contributed by atoms with Gasteiger partial charge in [-0.1, -0.05) is 25.4 Å². The van der Waals surface area contributed by atoms with E-state index in [0.717, 1.165) is 31.6 Å². The minimum atomic E-state index is 0.737. The predicted molar refractivity (Wildman–Crippen MR) is 44.3 cm³/mol. The van der Waals surface area contributed by atoms with Crippen molar-refractivity contribution in [1.82, 2.24) is 0 Å². The van der Waals surface area contributed by atoms with Gasteiger partial charge in [0.15, 0.2) is 0 Å². The molecule has 0 aliphatic carbocycles. The smallest absolute Gasteiger partial charge is 0.116 e. The van der Waals surface area contributed by atoms with Gasteiger partial charge >= 0.3 is 0 Å². The third-order valence-electron chi connectivity index (χ3n) is 1.13. The molecule has 0 spiro atoms. The molecule has 2 heteroatoms. The fourth-order valence-corrected chi connectivity index (χ4v) is 0.655. The second kappa shape index (κ2) is 6.59. The Morgan fingerprint density at radius 2 is 2.00 bits per heavy atom. The van der Waals surface area contributed by atoms with E-state index in [1.807, 2.05) is 6.92 Å². The average Bonchev–Trinajstić information content (AvgIpc) is 1.89. The van der Waals surface area contributed by atoms with E-state index in [1.54, 1.807) is 0 Å². The summed E-state index contributed by atoms with van der Waals surface area (Å²) >= 11 is 0. The Bertz CT molecular complexity index is 99.4. The molecule has 0 saturated heterocycles. The monoisotopic (exact) mass is 143 g/mol. The highest BCUT2D eigenvalue weighted by Gasteiger charge is 1.87. The molecule has 0 amide bonds. The average molecular weight is 143 g/mol. The minimum Gasteiger partial charge on any atom is -0.396 e. The van der Waals surface area contributed by atoms with Crippen LogP contribution in [0.5, 0.6) is 0 Å². The fraction of sp³-hybridized carbons (Fsp3) is 0.875. The van der Waals surface area contributed by atoms with Crippen LogP contribution in [0.15, 0.2) is 5.16 Å². The third kappa shape index (κ3) is 5.60. The van der Waals surface area contributed by atoms with Crippen LogP contribution in [0.4, 0.5) is 0 Å². The Morgan fingerprint density at radius 3 is 2.50 bits per heavy atom. The highest BCUT2D eigenvalue weighted by Crippen LogP contribution is 1.92. The summed E-state index contributed by atoms with van der Waals surface area (Å²) in [7, 11) is 0. The molecule has 0 aromatic heterocycles. The number of nitrogens with zero attached hydrogens (tertiary/aromatic N) is 1. The lowest BCUT2D eigenvalue weighted by Gasteiger charge is -1.97. The van der Waals surface area contributed by atoms with Crippen LogP contribution in [0.3, 0.4) is 0 Å². The van der Waals surface area contributed by atoms with E-state index in [1.165, 1.54) is 0 Å². The van der Waals surface area contributed by atoms with Crippen LogP contribution in [-0.4, -0.2) is 12.3 Å². The van der Waals surface area contributed by atoms with E-state index in [9.17, 15) is 0 Å². The zero-order chi connectivity index (χ0) is 7.82. The molecule has 0 N–H and O–H groups in total. The second-order valence-corrected chi connectivity index (χ2v) is 2.41. The fourth-order valence-electron chi connectivity index (χ4n) is 0.655. The first kappa shape index (κ1) is 9.47. The van der Waals surface area contributed by atoms with Gasteiger partial charge in [0, 0.05) is 0 Å². The van der Waals surface area contributed by atoms with Crippen LogP contribution in [0.1, 0.15) is 40.0 Å². The van der Waals surface area contributed by atoms with E-state index in [2.05, 4.69) is 19.0 Å². The maximum Gasteiger partial charge on any atom is 0.116 e. The molecule has 0 heterocycles.